The molecule has 4 rings (SSSR count). The molecule has 9 nitrogen and oxygen atoms in total. The zero-order valence-electron chi connectivity index (χ0n) is 16.9. The van der Waals surface area contributed by atoms with Gasteiger partial charge in [0.15, 0.2) is 15.5 Å². The molecule has 0 atom stereocenters. The minimum absolute atomic E-state index is 0.169. The average molecular weight is 451 g/mol. The van der Waals surface area contributed by atoms with Crippen molar-refractivity contribution < 1.29 is 27.4 Å². The van der Waals surface area contributed by atoms with Crippen molar-refractivity contribution in [3.8, 4) is 5.75 Å². The van der Waals surface area contributed by atoms with Crippen LogP contribution < -0.4 is 10.9 Å². The van der Waals surface area contributed by atoms with E-state index in [4.69, 9.17) is 4.74 Å². The van der Waals surface area contributed by atoms with Gasteiger partial charge in [-0.2, -0.15) is 0 Å². The zero-order chi connectivity index (χ0) is 22.4. The summed E-state index contributed by atoms with van der Waals surface area (Å²) in [6, 6.07) is 3.21. The number of amides is 1. The Morgan fingerprint density at radius 1 is 1.35 bits per heavy atom. The minimum atomic E-state index is -3.74. The summed E-state index contributed by atoms with van der Waals surface area (Å²) in [4.78, 5) is 29.5. The molecular weight excluding hydrogens is 429 g/mol. The molecule has 1 aromatic heterocycles. The van der Waals surface area contributed by atoms with Crippen LogP contribution in [0.2, 0.25) is 0 Å². The van der Waals surface area contributed by atoms with Crippen molar-refractivity contribution in [3.05, 3.63) is 51.5 Å². The molecule has 0 radical (unpaired) electrons. The van der Waals surface area contributed by atoms with Crippen LogP contribution in [0.25, 0.3) is 0 Å². The van der Waals surface area contributed by atoms with Crippen LogP contribution >= 0.6 is 0 Å². The number of nitrogens with one attached hydrogen (secondary N) is 1. The van der Waals surface area contributed by atoms with Crippen LogP contribution in [0.15, 0.2) is 27.9 Å². The molecule has 0 bridgehead atoms. The van der Waals surface area contributed by atoms with Crippen molar-refractivity contribution in [1.82, 2.24) is 14.9 Å². The molecule has 31 heavy (non-hydrogen) atoms. The maximum atomic E-state index is 13.5. The second kappa shape index (κ2) is 7.72. The van der Waals surface area contributed by atoms with E-state index in [2.05, 4.69) is 10.3 Å². The van der Waals surface area contributed by atoms with Gasteiger partial charge in [-0.1, -0.05) is 6.07 Å². The highest BCUT2D eigenvalue weighted by molar-refractivity contribution is 7.90. The Kier molecular flexibility index (Phi) is 5.34. The van der Waals surface area contributed by atoms with Crippen LogP contribution in [0, 0.1) is 5.82 Å². The van der Waals surface area contributed by atoms with Crippen molar-refractivity contribution in [2.75, 3.05) is 12.9 Å². The van der Waals surface area contributed by atoms with Gasteiger partial charge in [-0.25, -0.2) is 17.8 Å². The van der Waals surface area contributed by atoms with Gasteiger partial charge in [-0.15, -0.1) is 0 Å². The molecule has 2 heterocycles. The highest BCUT2D eigenvalue weighted by Gasteiger charge is 2.44. The average Bonchev–Trinajstić information content (AvgIpc) is 3.18. The molecule has 11 heteroatoms. The van der Waals surface area contributed by atoms with Crippen molar-refractivity contribution in [3.63, 3.8) is 0 Å². The number of hydrogen-bond acceptors (Lipinski definition) is 7. The predicted octanol–water partition coefficient (Wildman–Crippen LogP) is 1.22. The molecule has 2 N–H and O–H groups in total. The molecule has 0 unspecified atom stereocenters. The predicted molar refractivity (Wildman–Crippen MR) is 107 cm³/mol. The largest absolute Gasteiger partial charge is 0.501 e. The standard InChI is InChI=1S/C20H22FN3O6S/c1-31(28,29)14-10-13(21)5-4-12(14)11-22-17(26)15-16(25)18(27)24-8-9-30-20(19(24)23-15)6-2-3-7-20/h4-5,10,25H,2-3,6-9,11H2,1H3,(H,22,26). The Labute approximate surface area is 177 Å². The second-order valence-corrected chi connectivity index (χ2v) is 9.83. The summed E-state index contributed by atoms with van der Waals surface area (Å²) in [5.74, 6) is -2.03. The SMILES string of the molecule is CS(=O)(=O)c1cc(F)ccc1CNC(=O)c1nc2n(c(=O)c1O)CCOC21CCCC1. The van der Waals surface area contributed by atoms with Crippen LogP contribution in [-0.4, -0.2) is 41.8 Å². The van der Waals surface area contributed by atoms with Gasteiger partial charge in [-0.05, 0) is 43.4 Å². The van der Waals surface area contributed by atoms with Crippen LogP contribution in [0.3, 0.4) is 0 Å². The summed E-state index contributed by atoms with van der Waals surface area (Å²) < 4.78 is 44.7. The van der Waals surface area contributed by atoms with Gasteiger partial charge >= 0.3 is 0 Å². The van der Waals surface area contributed by atoms with Crippen molar-refractivity contribution in [2.45, 2.75) is 49.3 Å². The number of carbonyl (C=O) groups excluding carboxylic acids is 1. The lowest BCUT2D eigenvalue weighted by Crippen LogP contribution is -2.44. The summed E-state index contributed by atoms with van der Waals surface area (Å²) in [5, 5.41) is 12.8. The number of nitrogens with zero attached hydrogens (tertiary/aromatic N) is 2. The monoisotopic (exact) mass is 451 g/mol. The van der Waals surface area contributed by atoms with Crippen molar-refractivity contribution in [2.24, 2.45) is 0 Å². The third-order valence-electron chi connectivity index (χ3n) is 5.74. The van der Waals surface area contributed by atoms with Crippen molar-refractivity contribution in [1.29, 1.82) is 0 Å². The number of hydrogen-bond donors (Lipinski definition) is 2. The quantitative estimate of drug-likeness (QED) is 0.715. The highest BCUT2D eigenvalue weighted by Crippen LogP contribution is 2.42. The molecular formula is C20H22FN3O6S. The van der Waals surface area contributed by atoms with Gasteiger partial charge in [0.1, 0.15) is 17.2 Å². The number of aromatic nitrogens is 2. The number of rotatable bonds is 4. The fraction of sp³-hybridized carbons (Fsp3) is 0.450. The summed E-state index contributed by atoms with van der Waals surface area (Å²) in [6.45, 7) is 0.285. The summed E-state index contributed by atoms with van der Waals surface area (Å²) in [5.41, 5.74) is -1.75. The number of ether oxygens (including phenoxy) is 1. The van der Waals surface area contributed by atoms with Gasteiger partial charge < -0.3 is 15.2 Å². The first-order chi connectivity index (χ1) is 14.6. The Morgan fingerprint density at radius 3 is 2.74 bits per heavy atom. The molecule has 2 aromatic rings. The van der Waals surface area contributed by atoms with E-state index in [1.54, 1.807) is 0 Å². The molecule has 0 saturated heterocycles. The summed E-state index contributed by atoms with van der Waals surface area (Å²) >= 11 is 0. The molecule has 1 spiro atoms. The smallest absolute Gasteiger partial charge is 0.296 e. The van der Waals surface area contributed by atoms with Gasteiger partial charge in [0.05, 0.1) is 18.0 Å². The van der Waals surface area contributed by atoms with Crippen LogP contribution in [-0.2, 0) is 33.3 Å². The number of aromatic hydroxyl groups is 1. The second-order valence-electron chi connectivity index (χ2n) is 7.85. The molecule has 166 valence electrons. The van der Waals surface area contributed by atoms with Crippen molar-refractivity contribution >= 4 is 15.7 Å². The number of fused-ring (bicyclic) bond motifs is 2. The number of halogens is 1. The third kappa shape index (κ3) is 3.83. The van der Waals surface area contributed by atoms with E-state index in [-0.39, 0.29) is 23.5 Å². The van der Waals surface area contributed by atoms with Crippen LogP contribution in [0.5, 0.6) is 5.75 Å². The fourth-order valence-electron chi connectivity index (χ4n) is 4.25. The van der Waals surface area contributed by atoms with Crippen LogP contribution in [0.4, 0.5) is 4.39 Å². The molecule has 1 aromatic carbocycles. The van der Waals surface area contributed by atoms with E-state index in [1.165, 1.54) is 10.6 Å². The summed E-state index contributed by atoms with van der Waals surface area (Å²) in [7, 11) is -3.74. The molecule has 1 aliphatic heterocycles. The Balaban J connectivity index is 1.67. The fourth-order valence-corrected chi connectivity index (χ4v) is 5.19. The first kappa shape index (κ1) is 21.4. The topological polar surface area (TPSA) is 128 Å². The number of benzene rings is 1. The number of sulfone groups is 1. The highest BCUT2D eigenvalue weighted by atomic mass is 32.2. The van der Waals surface area contributed by atoms with Crippen LogP contribution in [0.1, 0.15) is 47.6 Å². The molecule has 1 amide bonds. The molecule has 1 aliphatic carbocycles. The summed E-state index contributed by atoms with van der Waals surface area (Å²) in [6.07, 6.45) is 4.07. The van der Waals surface area contributed by atoms with Gasteiger partial charge in [0, 0.05) is 12.8 Å². The molecule has 1 saturated carbocycles. The lowest BCUT2D eigenvalue weighted by Gasteiger charge is -2.35. The van der Waals surface area contributed by atoms with E-state index in [1.807, 2.05) is 0 Å². The lowest BCUT2D eigenvalue weighted by atomic mass is 9.99. The van der Waals surface area contributed by atoms with Gasteiger partial charge in [0.2, 0.25) is 5.75 Å². The Bertz CT molecular complexity index is 1220. The van der Waals surface area contributed by atoms with Gasteiger partial charge in [-0.3, -0.25) is 14.2 Å². The zero-order valence-corrected chi connectivity index (χ0v) is 17.7. The van der Waals surface area contributed by atoms with Gasteiger partial charge in [0.25, 0.3) is 11.5 Å². The van der Waals surface area contributed by atoms with E-state index < -0.39 is 44.2 Å². The maximum absolute atomic E-state index is 13.5. The molecule has 1 fully saturated rings. The van der Waals surface area contributed by atoms with E-state index in [9.17, 15) is 27.5 Å². The first-order valence-corrected chi connectivity index (χ1v) is 11.8. The maximum Gasteiger partial charge on any atom is 0.296 e. The third-order valence-corrected chi connectivity index (χ3v) is 6.92. The van der Waals surface area contributed by atoms with E-state index in [0.717, 1.165) is 31.2 Å². The molecule has 2 aliphatic rings. The van der Waals surface area contributed by atoms with E-state index in [0.29, 0.717) is 25.3 Å². The number of carbonyl (C=O) groups is 1. The van der Waals surface area contributed by atoms with E-state index >= 15 is 0 Å². The first-order valence-electron chi connectivity index (χ1n) is 9.87. The Morgan fingerprint density at radius 2 is 2.06 bits per heavy atom. The Hall–Kier alpha value is -2.79. The normalized spacial score (nSPS) is 17.5. The lowest BCUT2D eigenvalue weighted by molar-refractivity contribution is -0.0789. The minimum Gasteiger partial charge on any atom is -0.501 e.